The smallest absolute Gasteiger partial charge is 0.221 e. The van der Waals surface area contributed by atoms with Crippen LogP contribution in [0.15, 0.2) is 0 Å². The summed E-state index contributed by atoms with van der Waals surface area (Å²) < 4.78 is 0. The van der Waals surface area contributed by atoms with Crippen LogP contribution < -0.4 is 11.5 Å². The van der Waals surface area contributed by atoms with E-state index in [1.165, 1.54) is 257 Å². The number of primary amides is 2. The van der Waals surface area contributed by atoms with Crippen LogP contribution in [0.5, 0.6) is 0 Å². The highest BCUT2D eigenvalue weighted by molar-refractivity contribution is 5.86. The minimum Gasteiger partial charge on any atom is -0.369 e. The lowest BCUT2D eigenvalue weighted by Gasteiger charge is -2.29. The molecule has 6 heteroatoms. The third kappa shape index (κ3) is 41.6. The Morgan fingerprint density at radius 3 is 0.597 bits per heavy atom. The van der Waals surface area contributed by atoms with E-state index in [9.17, 15) is 9.59 Å². The van der Waals surface area contributed by atoms with Gasteiger partial charge in [-0.2, -0.15) is 0 Å². The molecule has 0 saturated carbocycles. The highest BCUT2D eigenvalue weighted by Crippen LogP contribution is 2.23. The molecule has 2 amide bonds. The van der Waals surface area contributed by atoms with E-state index in [1.54, 1.807) is 0 Å². The molecule has 0 aliphatic carbocycles. The number of nitrogens with two attached hydrogens (primary N) is 2. The summed E-state index contributed by atoms with van der Waals surface area (Å²) >= 11 is 0. The van der Waals surface area contributed by atoms with Crippen molar-refractivity contribution in [3.8, 4) is 0 Å². The highest BCUT2D eigenvalue weighted by atomic mass is 16.2. The van der Waals surface area contributed by atoms with Crippen molar-refractivity contribution in [1.82, 2.24) is 9.80 Å². The lowest BCUT2D eigenvalue weighted by atomic mass is 9.85. The van der Waals surface area contributed by atoms with E-state index in [-0.39, 0.29) is 11.8 Å². The summed E-state index contributed by atoms with van der Waals surface area (Å²) in [5.41, 5.74) is 12.3. The Labute approximate surface area is 389 Å². The summed E-state index contributed by atoms with van der Waals surface area (Å²) in [5.74, 6) is -1.68. The highest BCUT2D eigenvalue weighted by Gasteiger charge is 2.31. The fourth-order valence-corrected chi connectivity index (χ4v) is 9.69. The van der Waals surface area contributed by atoms with Gasteiger partial charge in [0.1, 0.15) is 0 Å². The van der Waals surface area contributed by atoms with Crippen molar-refractivity contribution in [1.29, 1.82) is 0 Å². The molecule has 2 unspecified atom stereocenters. The number of amides is 2. The zero-order chi connectivity index (χ0) is 45.4. The van der Waals surface area contributed by atoms with Gasteiger partial charge in [0, 0.05) is 0 Å². The summed E-state index contributed by atoms with van der Waals surface area (Å²) in [4.78, 5) is 31.4. The number of hydrogen-bond donors (Lipinski definition) is 2. The van der Waals surface area contributed by atoms with Crippen molar-refractivity contribution < 1.29 is 9.59 Å². The van der Waals surface area contributed by atoms with Gasteiger partial charge in [0.05, 0.1) is 11.8 Å². The Morgan fingerprint density at radius 2 is 0.435 bits per heavy atom. The molecule has 0 aliphatic heterocycles. The van der Waals surface area contributed by atoms with Crippen LogP contribution in [-0.2, 0) is 9.59 Å². The van der Waals surface area contributed by atoms with Gasteiger partial charge in [-0.3, -0.25) is 9.59 Å². The molecular formula is C56H114N4O2. The van der Waals surface area contributed by atoms with Crippen molar-refractivity contribution in [2.75, 3.05) is 39.3 Å². The summed E-state index contributed by atoms with van der Waals surface area (Å²) in [7, 11) is 0. The van der Waals surface area contributed by atoms with Crippen LogP contribution in [0.2, 0.25) is 0 Å². The van der Waals surface area contributed by atoms with E-state index in [0.717, 1.165) is 39.3 Å². The van der Waals surface area contributed by atoms with E-state index >= 15 is 0 Å². The molecule has 2 atom stereocenters. The first-order chi connectivity index (χ1) is 30.4. The van der Waals surface area contributed by atoms with Crippen molar-refractivity contribution in [2.24, 2.45) is 23.3 Å². The summed E-state index contributed by atoms with van der Waals surface area (Å²) in [6.45, 7) is 15.1. The second-order valence-electron chi connectivity index (χ2n) is 20.0. The number of unbranched alkanes of at least 4 members (excludes halogenated alkanes) is 36. The molecule has 0 saturated heterocycles. The van der Waals surface area contributed by atoms with Crippen LogP contribution in [0.3, 0.4) is 0 Å². The van der Waals surface area contributed by atoms with Gasteiger partial charge in [-0.05, 0) is 77.8 Å². The largest absolute Gasteiger partial charge is 0.369 e. The minimum absolute atomic E-state index is 0.345. The van der Waals surface area contributed by atoms with Crippen LogP contribution in [-0.4, -0.2) is 60.9 Å². The van der Waals surface area contributed by atoms with Crippen LogP contribution in [0.4, 0.5) is 0 Å². The second-order valence-corrected chi connectivity index (χ2v) is 20.0. The molecule has 0 aromatic carbocycles. The molecule has 370 valence electrons. The fourth-order valence-electron chi connectivity index (χ4n) is 9.69. The molecule has 0 fully saturated rings. The Bertz CT molecular complexity index is 794. The number of carbonyl (C=O) groups is 2. The first-order valence-corrected chi connectivity index (χ1v) is 28.4. The topological polar surface area (TPSA) is 92.7 Å². The van der Waals surface area contributed by atoms with E-state index in [2.05, 4.69) is 37.5 Å². The van der Waals surface area contributed by atoms with Gasteiger partial charge >= 0.3 is 0 Å². The Hall–Kier alpha value is -1.14. The molecule has 0 aliphatic rings. The molecule has 0 rings (SSSR count). The van der Waals surface area contributed by atoms with E-state index in [1.807, 2.05) is 0 Å². The number of nitrogens with zero attached hydrogens (tertiary/aromatic N) is 2. The van der Waals surface area contributed by atoms with Crippen molar-refractivity contribution in [3.63, 3.8) is 0 Å². The van der Waals surface area contributed by atoms with E-state index < -0.39 is 11.8 Å². The molecule has 0 bridgehead atoms. The molecule has 0 radical (unpaired) electrons. The SMILES string of the molecule is CCCCCCCCCCCCN(CCCCCCCCCCCC)CCC(C(N)=O)C(CCN(CCCCCCCCCCCC)CCCCCCCCCCCC)C(N)=O. The Balaban J connectivity index is 5.26. The molecular weight excluding hydrogens is 761 g/mol. The minimum atomic E-state index is -0.494. The van der Waals surface area contributed by atoms with Crippen LogP contribution in [0.1, 0.15) is 297 Å². The average molecular weight is 876 g/mol. The summed E-state index contributed by atoms with van der Waals surface area (Å²) in [6, 6.07) is 0. The molecule has 62 heavy (non-hydrogen) atoms. The number of rotatable bonds is 53. The maximum atomic E-state index is 13.1. The summed E-state index contributed by atoms with van der Waals surface area (Å²) in [5, 5.41) is 0. The number of hydrogen-bond acceptors (Lipinski definition) is 4. The third-order valence-corrected chi connectivity index (χ3v) is 14.0. The lowest BCUT2D eigenvalue weighted by molar-refractivity contribution is -0.132. The number of carbonyl (C=O) groups excluding carboxylic acids is 2. The van der Waals surface area contributed by atoms with Gasteiger partial charge in [-0.25, -0.2) is 0 Å². The molecule has 0 heterocycles. The predicted molar refractivity (Wildman–Crippen MR) is 275 cm³/mol. The van der Waals surface area contributed by atoms with Gasteiger partial charge in [-0.15, -0.1) is 0 Å². The Kier molecular flexibility index (Phi) is 48.4. The van der Waals surface area contributed by atoms with E-state index in [4.69, 9.17) is 11.5 Å². The zero-order valence-corrected chi connectivity index (χ0v) is 43.0. The maximum absolute atomic E-state index is 13.1. The van der Waals surface area contributed by atoms with Crippen LogP contribution in [0.25, 0.3) is 0 Å². The third-order valence-electron chi connectivity index (χ3n) is 14.0. The molecule has 0 aromatic heterocycles. The second kappa shape index (κ2) is 49.3. The van der Waals surface area contributed by atoms with Crippen molar-refractivity contribution >= 4 is 11.8 Å². The normalized spacial score (nSPS) is 12.8. The van der Waals surface area contributed by atoms with Gasteiger partial charge in [0.2, 0.25) is 11.8 Å². The van der Waals surface area contributed by atoms with Gasteiger partial charge in [-0.1, -0.05) is 259 Å². The first kappa shape index (κ1) is 60.9. The Morgan fingerprint density at radius 1 is 0.274 bits per heavy atom. The quantitative estimate of drug-likeness (QED) is 0.0595. The lowest BCUT2D eigenvalue weighted by Crippen LogP contribution is -2.42. The average Bonchev–Trinajstić information content (AvgIpc) is 3.26. The zero-order valence-electron chi connectivity index (χ0n) is 43.0. The standard InChI is InChI=1S/C56H114N4O2/c1-5-9-13-17-21-25-29-33-37-41-47-59(48-42-38-34-30-26-22-18-14-10-6-2)51-45-53(55(57)61)54(56(58)62)46-52-60(49-43-39-35-31-27-23-19-15-11-7-3)50-44-40-36-32-28-24-20-16-12-8-4/h53-54H,5-52H2,1-4H3,(H2,57,61)(H2,58,62). The van der Waals surface area contributed by atoms with E-state index in [0.29, 0.717) is 12.8 Å². The van der Waals surface area contributed by atoms with Crippen LogP contribution in [0, 0.1) is 11.8 Å². The molecule has 6 nitrogen and oxygen atoms in total. The van der Waals surface area contributed by atoms with Gasteiger partial charge in [0.25, 0.3) is 0 Å². The molecule has 4 N–H and O–H groups in total. The van der Waals surface area contributed by atoms with Crippen molar-refractivity contribution in [2.45, 2.75) is 297 Å². The predicted octanol–water partition coefficient (Wildman–Crippen LogP) is 16.3. The maximum Gasteiger partial charge on any atom is 0.221 e. The monoisotopic (exact) mass is 875 g/mol. The summed E-state index contributed by atoms with van der Waals surface area (Å²) in [6.07, 6.45) is 54.9. The first-order valence-electron chi connectivity index (χ1n) is 28.4. The molecule has 0 spiro atoms. The van der Waals surface area contributed by atoms with Gasteiger partial charge in [0.15, 0.2) is 0 Å². The molecule has 0 aromatic rings. The fraction of sp³-hybridized carbons (Fsp3) is 0.964. The van der Waals surface area contributed by atoms with Crippen LogP contribution >= 0.6 is 0 Å². The van der Waals surface area contributed by atoms with Gasteiger partial charge < -0.3 is 21.3 Å². The van der Waals surface area contributed by atoms with Crippen molar-refractivity contribution in [3.05, 3.63) is 0 Å².